The van der Waals surface area contributed by atoms with Crippen molar-refractivity contribution in [1.29, 1.82) is 0 Å². The van der Waals surface area contributed by atoms with E-state index in [0.29, 0.717) is 47.0 Å². The van der Waals surface area contributed by atoms with Gasteiger partial charge in [0.15, 0.2) is 0 Å². The Kier molecular flexibility index (Phi) is 7.12. The second-order valence-corrected chi connectivity index (χ2v) is 9.84. The normalized spacial score (nSPS) is 17.2. The van der Waals surface area contributed by atoms with E-state index in [2.05, 4.69) is 15.3 Å². The standard InChI is InChI=1S/C23H26ClN7O3S/c1-3-29-10-4-11-30(35(29)32)12-9-26-22-25-8-7-18(27-22)21-20(28-23-31(21)13-14-34-23)16-5-6-17(24)19(15-16)33-2/h5-8,13-15H,3-4,9-12H2,1-2H3,(H,25,26,27). The van der Waals surface area contributed by atoms with Gasteiger partial charge in [0.25, 0.3) is 0 Å². The largest absolute Gasteiger partial charge is 0.578 e. The van der Waals surface area contributed by atoms with Gasteiger partial charge >= 0.3 is 5.84 Å². The lowest BCUT2D eigenvalue weighted by atomic mass is 10.1. The number of aromatic nitrogens is 4. The number of hydrogen-bond donors (Lipinski definition) is 1. The fourth-order valence-corrected chi connectivity index (χ4v) is 5.67. The van der Waals surface area contributed by atoms with Crippen LogP contribution in [0.1, 0.15) is 13.3 Å². The van der Waals surface area contributed by atoms with Gasteiger partial charge in [-0.3, -0.25) is 4.40 Å². The molecule has 35 heavy (non-hydrogen) atoms. The zero-order valence-electron chi connectivity index (χ0n) is 19.5. The maximum absolute atomic E-state index is 12.6. The molecule has 10 nitrogen and oxygen atoms in total. The molecule has 184 valence electrons. The number of methoxy groups -OCH3 is 1. The number of hydrogen-bond acceptors (Lipinski definition) is 9. The first-order chi connectivity index (χ1) is 17.1. The molecule has 4 heterocycles. The van der Waals surface area contributed by atoms with Gasteiger partial charge in [-0.15, -0.1) is 8.61 Å². The Hall–Kier alpha value is -2.83. The van der Waals surface area contributed by atoms with E-state index in [4.69, 9.17) is 25.7 Å². The van der Waals surface area contributed by atoms with Crippen LogP contribution in [-0.4, -0.2) is 72.3 Å². The van der Waals surface area contributed by atoms with Gasteiger partial charge in [0.2, 0.25) is 5.95 Å². The van der Waals surface area contributed by atoms with Gasteiger partial charge in [-0.25, -0.2) is 9.97 Å². The minimum absolute atomic E-state index is 0.449. The zero-order valence-corrected chi connectivity index (χ0v) is 21.1. The molecule has 1 unspecified atom stereocenters. The van der Waals surface area contributed by atoms with Crippen molar-refractivity contribution in [1.82, 2.24) is 28.0 Å². The summed E-state index contributed by atoms with van der Waals surface area (Å²) in [6.45, 7) is 5.69. The smallest absolute Gasteiger partial charge is 0.306 e. The van der Waals surface area contributed by atoms with Crippen molar-refractivity contribution in [3.8, 4) is 28.4 Å². The summed E-state index contributed by atoms with van der Waals surface area (Å²) in [5, 5.41) is 3.79. The van der Waals surface area contributed by atoms with Crippen LogP contribution < -0.4 is 10.1 Å². The molecule has 1 atom stereocenters. The van der Waals surface area contributed by atoms with Crippen LogP contribution in [0.2, 0.25) is 5.02 Å². The van der Waals surface area contributed by atoms with Gasteiger partial charge < -0.3 is 19.0 Å². The minimum atomic E-state index is -1.10. The quantitative estimate of drug-likeness (QED) is 0.351. The number of nitrogens with one attached hydrogen (secondary N) is 1. The highest BCUT2D eigenvalue weighted by atomic mass is 35.5. The Balaban J connectivity index is 1.39. The fourth-order valence-electron chi connectivity index (χ4n) is 4.11. The Morgan fingerprint density at radius 3 is 2.91 bits per heavy atom. The van der Waals surface area contributed by atoms with E-state index in [1.54, 1.807) is 31.8 Å². The van der Waals surface area contributed by atoms with Crippen molar-refractivity contribution in [2.45, 2.75) is 13.3 Å². The molecule has 4 aromatic rings. The highest BCUT2D eigenvalue weighted by molar-refractivity contribution is 7.86. The summed E-state index contributed by atoms with van der Waals surface area (Å²) in [6, 6.07) is 7.33. The summed E-state index contributed by atoms with van der Waals surface area (Å²) < 4.78 is 29.3. The maximum atomic E-state index is 12.6. The number of nitrogens with zero attached hydrogens (tertiary/aromatic N) is 6. The third-order valence-corrected chi connectivity index (χ3v) is 7.84. The number of oxazole rings is 1. The molecule has 0 radical (unpaired) electrons. The van der Waals surface area contributed by atoms with Crippen LogP contribution in [0, 0.1) is 0 Å². The van der Waals surface area contributed by atoms with E-state index in [1.807, 2.05) is 38.1 Å². The third-order valence-electron chi connectivity index (χ3n) is 5.84. The first kappa shape index (κ1) is 23.9. The van der Waals surface area contributed by atoms with Crippen LogP contribution in [0.25, 0.3) is 28.5 Å². The Morgan fingerprint density at radius 2 is 2.09 bits per heavy atom. The number of benzene rings is 1. The van der Waals surface area contributed by atoms with Gasteiger partial charge in [0.05, 0.1) is 24.4 Å². The van der Waals surface area contributed by atoms with Crippen molar-refractivity contribution in [2.75, 3.05) is 45.2 Å². The SMILES string of the molecule is CCN1CCCN(CCNc2nccc(-c3c(-c4ccc(Cl)c(OC)c4)nc4occn34)n2)[S+]1[O-]. The molecular formula is C23H26ClN7O3S. The summed E-state index contributed by atoms with van der Waals surface area (Å²) in [6.07, 6.45) is 6.09. The average molecular weight is 516 g/mol. The van der Waals surface area contributed by atoms with Crippen molar-refractivity contribution in [3.63, 3.8) is 0 Å². The van der Waals surface area contributed by atoms with E-state index in [0.717, 1.165) is 37.3 Å². The molecule has 0 amide bonds. The lowest BCUT2D eigenvalue weighted by molar-refractivity contribution is 0.294. The molecule has 1 saturated heterocycles. The number of fused-ring (bicyclic) bond motifs is 1. The number of rotatable bonds is 8. The minimum Gasteiger partial charge on any atom is -0.578 e. The van der Waals surface area contributed by atoms with Crippen molar-refractivity contribution >= 4 is 34.9 Å². The Morgan fingerprint density at radius 1 is 1.23 bits per heavy atom. The first-order valence-corrected chi connectivity index (χ1v) is 12.8. The second-order valence-electron chi connectivity index (χ2n) is 7.94. The Bertz CT molecular complexity index is 1310. The lowest BCUT2D eigenvalue weighted by Gasteiger charge is -2.34. The summed E-state index contributed by atoms with van der Waals surface area (Å²) >= 11 is 5.13. The van der Waals surface area contributed by atoms with Crippen molar-refractivity contribution < 1.29 is 13.7 Å². The molecule has 0 saturated carbocycles. The molecule has 1 aromatic carbocycles. The molecule has 0 aliphatic carbocycles. The molecule has 12 heteroatoms. The summed E-state index contributed by atoms with van der Waals surface area (Å²) in [5.41, 5.74) is 2.95. The van der Waals surface area contributed by atoms with Crippen LogP contribution in [0.5, 0.6) is 5.75 Å². The monoisotopic (exact) mass is 515 g/mol. The molecule has 1 aliphatic rings. The van der Waals surface area contributed by atoms with Crippen molar-refractivity contribution in [2.24, 2.45) is 0 Å². The fraction of sp³-hybridized carbons (Fsp3) is 0.348. The number of imidazole rings is 1. The van der Waals surface area contributed by atoms with E-state index in [9.17, 15) is 4.55 Å². The highest BCUT2D eigenvalue weighted by Gasteiger charge is 2.31. The predicted octanol–water partition coefficient (Wildman–Crippen LogP) is 3.73. The Labute approximate surface area is 211 Å². The summed E-state index contributed by atoms with van der Waals surface area (Å²) in [4.78, 5) is 13.8. The molecule has 3 aromatic heterocycles. The lowest BCUT2D eigenvalue weighted by Crippen LogP contribution is -2.50. The summed E-state index contributed by atoms with van der Waals surface area (Å²) in [7, 11) is 1.58. The molecule has 1 N–H and O–H groups in total. The van der Waals surface area contributed by atoms with Gasteiger partial charge in [-0.05, 0) is 31.5 Å². The van der Waals surface area contributed by atoms with E-state index in [-0.39, 0.29) is 0 Å². The third kappa shape index (κ3) is 4.82. The van der Waals surface area contributed by atoms with E-state index >= 15 is 0 Å². The van der Waals surface area contributed by atoms with E-state index < -0.39 is 11.5 Å². The maximum Gasteiger partial charge on any atom is 0.306 e. The number of ether oxygens (including phenoxy) is 1. The molecule has 1 fully saturated rings. The molecule has 1 aliphatic heterocycles. The number of anilines is 1. The average Bonchev–Trinajstić information content (AvgIpc) is 3.47. The van der Waals surface area contributed by atoms with Crippen molar-refractivity contribution in [3.05, 3.63) is 47.9 Å². The predicted molar refractivity (Wildman–Crippen MR) is 136 cm³/mol. The molecular weight excluding hydrogens is 490 g/mol. The number of halogens is 1. The highest BCUT2D eigenvalue weighted by Crippen LogP contribution is 2.36. The topological polar surface area (TPSA) is 107 Å². The van der Waals surface area contributed by atoms with Gasteiger partial charge in [0.1, 0.15) is 34.9 Å². The molecule has 5 rings (SSSR count). The van der Waals surface area contributed by atoms with Gasteiger partial charge in [0, 0.05) is 44.1 Å². The van der Waals surface area contributed by atoms with E-state index in [1.165, 1.54) is 0 Å². The van der Waals surface area contributed by atoms with Crippen LogP contribution in [-0.2, 0) is 11.5 Å². The summed E-state index contributed by atoms with van der Waals surface area (Å²) in [5.74, 6) is 1.49. The molecule has 0 spiro atoms. The zero-order chi connectivity index (χ0) is 24.4. The van der Waals surface area contributed by atoms with Crippen LogP contribution in [0.15, 0.2) is 47.3 Å². The first-order valence-electron chi connectivity index (χ1n) is 11.4. The second kappa shape index (κ2) is 10.4. The van der Waals surface area contributed by atoms with Gasteiger partial charge in [-0.2, -0.15) is 4.98 Å². The van der Waals surface area contributed by atoms with Crippen LogP contribution in [0.3, 0.4) is 0 Å². The van der Waals surface area contributed by atoms with Crippen LogP contribution in [0.4, 0.5) is 5.95 Å². The van der Waals surface area contributed by atoms with Gasteiger partial charge in [-0.1, -0.05) is 17.7 Å². The molecule has 0 bridgehead atoms. The van der Waals surface area contributed by atoms with Crippen LogP contribution >= 0.6 is 11.6 Å².